The van der Waals surface area contributed by atoms with Crippen LogP contribution >= 0.6 is 0 Å². The molecule has 3 aromatic rings. The predicted octanol–water partition coefficient (Wildman–Crippen LogP) is 4.78. The summed E-state index contributed by atoms with van der Waals surface area (Å²) >= 11 is 0. The zero-order valence-corrected chi connectivity index (χ0v) is 15.9. The molecule has 0 aromatic heterocycles. The maximum Gasteiger partial charge on any atom is 0.282 e. The quantitative estimate of drug-likeness (QED) is 0.642. The number of halogens is 1. The number of hydrogen-bond acceptors (Lipinski definition) is 3. The van der Waals surface area contributed by atoms with Crippen molar-refractivity contribution in [2.45, 2.75) is 13.3 Å². The van der Waals surface area contributed by atoms with E-state index in [0.29, 0.717) is 11.3 Å². The molecule has 4 nitrogen and oxygen atoms in total. The van der Waals surface area contributed by atoms with Crippen molar-refractivity contribution in [3.8, 4) is 0 Å². The third-order valence-corrected chi connectivity index (χ3v) is 4.84. The summed E-state index contributed by atoms with van der Waals surface area (Å²) in [4.78, 5) is 27.4. The van der Waals surface area contributed by atoms with Crippen LogP contribution in [0.15, 0.2) is 84.6 Å². The van der Waals surface area contributed by atoms with Crippen LogP contribution < -0.4 is 10.2 Å². The largest absolute Gasteiger partial charge is 0.350 e. The molecule has 144 valence electrons. The first kappa shape index (κ1) is 18.6. The van der Waals surface area contributed by atoms with Crippen molar-refractivity contribution in [3.63, 3.8) is 0 Å². The Kier molecular flexibility index (Phi) is 4.96. The molecular weight excluding hydrogens is 367 g/mol. The van der Waals surface area contributed by atoms with Gasteiger partial charge in [-0.15, -0.1) is 0 Å². The number of carbonyl (C=O) groups excluding carboxylic acids is 2. The topological polar surface area (TPSA) is 49.4 Å². The van der Waals surface area contributed by atoms with Crippen LogP contribution in [0.1, 0.15) is 18.1 Å². The number of aryl methyl sites for hydroxylation is 1. The van der Waals surface area contributed by atoms with Crippen molar-refractivity contribution < 1.29 is 14.0 Å². The third kappa shape index (κ3) is 3.55. The van der Waals surface area contributed by atoms with Crippen molar-refractivity contribution in [1.29, 1.82) is 0 Å². The molecule has 1 aliphatic heterocycles. The van der Waals surface area contributed by atoms with Crippen LogP contribution in [-0.2, 0) is 16.0 Å². The number of amides is 2. The van der Waals surface area contributed by atoms with Crippen LogP contribution in [-0.4, -0.2) is 11.8 Å². The van der Waals surface area contributed by atoms with E-state index in [2.05, 4.69) is 12.2 Å². The summed E-state index contributed by atoms with van der Waals surface area (Å²) in [5.74, 6) is -1.51. The molecule has 1 heterocycles. The first-order valence-electron chi connectivity index (χ1n) is 9.38. The smallest absolute Gasteiger partial charge is 0.282 e. The molecule has 0 bridgehead atoms. The van der Waals surface area contributed by atoms with Crippen molar-refractivity contribution in [3.05, 3.63) is 102 Å². The van der Waals surface area contributed by atoms with E-state index in [1.165, 1.54) is 23.8 Å². The summed E-state index contributed by atoms with van der Waals surface area (Å²) in [7, 11) is 0. The summed E-state index contributed by atoms with van der Waals surface area (Å²) in [6.07, 6.45) is 0.906. The van der Waals surface area contributed by atoms with Gasteiger partial charge in [-0.1, -0.05) is 55.5 Å². The van der Waals surface area contributed by atoms with Gasteiger partial charge in [0.2, 0.25) is 0 Å². The highest BCUT2D eigenvalue weighted by Crippen LogP contribution is 2.33. The van der Waals surface area contributed by atoms with Gasteiger partial charge in [0.1, 0.15) is 11.5 Å². The van der Waals surface area contributed by atoms with Crippen LogP contribution in [0.2, 0.25) is 0 Å². The molecule has 0 fully saturated rings. The minimum atomic E-state index is -0.515. The van der Waals surface area contributed by atoms with Crippen LogP contribution in [0, 0.1) is 5.82 Å². The van der Waals surface area contributed by atoms with E-state index < -0.39 is 17.6 Å². The van der Waals surface area contributed by atoms with Gasteiger partial charge in [-0.25, -0.2) is 9.29 Å². The number of nitrogens with zero attached hydrogens (tertiary/aromatic N) is 1. The molecule has 0 saturated carbocycles. The summed E-state index contributed by atoms with van der Waals surface area (Å²) in [5.41, 5.74) is 3.13. The predicted molar refractivity (Wildman–Crippen MR) is 112 cm³/mol. The van der Waals surface area contributed by atoms with Gasteiger partial charge < -0.3 is 5.32 Å². The fourth-order valence-electron chi connectivity index (χ4n) is 3.34. The summed E-state index contributed by atoms with van der Waals surface area (Å²) in [6, 6.07) is 22.1. The fraction of sp³-hybridized carbons (Fsp3) is 0.0833. The number of carbonyl (C=O) groups is 2. The van der Waals surface area contributed by atoms with Crippen LogP contribution in [0.4, 0.5) is 15.8 Å². The Morgan fingerprint density at radius 1 is 0.862 bits per heavy atom. The Morgan fingerprint density at radius 2 is 1.59 bits per heavy atom. The highest BCUT2D eigenvalue weighted by molar-refractivity contribution is 6.46. The minimum Gasteiger partial charge on any atom is -0.350 e. The molecule has 5 heteroatoms. The van der Waals surface area contributed by atoms with E-state index in [-0.39, 0.29) is 17.0 Å². The van der Waals surface area contributed by atoms with Gasteiger partial charge in [-0.2, -0.15) is 0 Å². The zero-order valence-electron chi connectivity index (χ0n) is 15.9. The van der Waals surface area contributed by atoms with Gasteiger partial charge >= 0.3 is 0 Å². The lowest BCUT2D eigenvalue weighted by Crippen LogP contribution is -2.32. The second-order valence-electron chi connectivity index (χ2n) is 6.72. The minimum absolute atomic E-state index is 0.176. The lowest BCUT2D eigenvalue weighted by atomic mass is 10.0. The number of hydrogen-bond donors (Lipinski definition) is 1. The van der Waals surface area contributed by atoms with E-state index in [1.54, 1.807) is 30.3 Å². The van der Waals surface area contributed by atoms with Crippen LogP contribution in [0.3, 0.4) is 0 Å². The molecule has 1 N–H and O–H groups in total. The monoisotopic (exact) mass is 386 g/mol. The van der Waals surface area contributed by atoms with Crippen LogP contribution in [0.5, 0.6) is 0 Å². The number of nitrogens with one attached hydrogen (secondary N) is 1. The van der Waals surface area contributed by atoms with Gasteiger partial charge in [-0.05, 0) is 47.9 Å². The third-order valence-electron chi connectivity index (χ3n) is 4.84. The van der Waals surface area contributed by atoms with Gasteiger partial charge in [0.15, 0.2) is 0 Å². The first-order valence-corrected chi connectivity index (χ1v) is 9.38. The average Bonchev–Trinajstić information content (AvgIpc) is 2.98. The van der Waals surface area contributed by atoms with E-state index in [1.807, 2.05) is 30.3 Å². The van der Waals surface area contributed by atoms with E-state index >= 15 is 0 Å². The van der Waals surface area contributed by atoms with E-state index in [0.717, 1.165) is 11.3 Å². The molecule has 0 aliphatic carbocycles. The maximum absolute atomic E-state index is 13.7. The summed E-state index contributed by atoms with van der Waals surface area (Å²) in [5, 5.41) is 3.11. The molecule has 3 aromatic carbocycles. The second kappa shape index (κ2) is 7.72. The Hall–Kier alpha value is -3.73. The number of rotatable bonds is 5. The number of benzene rings is 3. The lowest BCUT2D eigenvalue weighted by Gasteiger charge is -2.15. The number of anilines is 2. The Morgan fingerprint density at radius 3 is 2.24 bits per heavy atom. The molecule has 0 saturated heterocycles. The molecule has 2 amide bonds. The van der Waals surface area contributed by atoms with Crippen molar-refractivity contribution >= 4 is 28.8 Å². The molecule has 0 atom stereocenters. The molecule has 1 aliphatic rings. The van der Waals surface area contributed by atoms with Crippen molar-refractivity contribution in [2.24, 2.45) is 0 Å². The van der Waals surface area contributed by atoms with Crippen molar-refractivity contribution in [1.82, 2.24) is 0 Å². The average molecular weight is 386 g/mol. The first-order chi connectivity index (χ1) is 14.1. The molecule has 4 rings (SSSR count). The van der Waals surface area contributed by atoms with Gasteiger partial charge in [0.25, 0.3) is 11.8 Å². The Balaban J connectivity index is 1.79. The highest BCUT2D eigenvalue weighted by atomic mass is 19.1. The lowest BCUT2D eigenvalue weighted by molar-refractivity contribution is -0.120. The SMILES string of the molecule is CCc1ccc(NC2=C(c3ccccc3)C(=O)N(c3cccc(F)c3)C2=O)cc1. The second-order valence-corrected chi connectivity index (χ2v) is 6.72. The maximum atomic E-state index is 13.7. The Bertz CT molecular complexity index is 1110. The molecule has 0 radical (unpaired) electrons. The standard InChI is InChI=1S/C24H19FN2O2/c1-2-16-11-13-19(14-12-16)26-22-21(17-7-4-3-5-8-17)23(28)27(24(22)29)20-10-6-9-18(25)15-20/h3-15,26H,2H2,1H3. The normalized spacial score (nSPS) is 13.9. The fourth-order valence-corrected chi connectivity index (χ4v) is 3.34. The molecule has 0 unspecified atom stereocenters. The van der Waals surface area contributed by atoms with E-state index in [9.17, 15) is 14.0 Å². The summed E-state index contributed by atoms with van der Waals surface area (Å²) < 4.78 is 13.7. The van der Waals surface area contributed by atoms with Gasteiger partial charge in [0.05, 0.1) is 11.3 Å². The van der Waals surface area contributed by atoms with E-state index in [4.69, 9.17) is 0 Å². The van der Waals surface area contributed by atoms with Crippen LogP contribution in [0.25, 0.3) is 5.57 Å². The highest BCUT2D eigenvalue weighted by Gasteiger charge is 2.40. The summed E-state index contributed by atoms with van der Waals surface area (Å²) in [6.45, 7) is 2.06. The number of imide groups is 1. The molecular formula is C24H19FN2O2. The van der Waals surface area contributed by atoms with Gasteiger partial charge in [-0.3, -0.25) is 9.59 Å². The Labute approximate surface area is 168 Å². The molecule has 29 heavy (non-hydrogen) atoms. The van der Waals surface area contributed by atoms with Gasteiger partial charge in [0, 0.05) is 5.69 Å². The zero-order chi connectivity index (χ0) is 20.4. The van der Waals surface area contributed by atoms with Crippen molar-refractivity contribution in [2.75, 3.05) is 10.2 Å². The molecule has 0 spiro atoms.